The Morgan fingerprint density at radius 3 is 2.48 bits per heavy atom. The molecule has 0 spiro atoms. The first-order chi connectivity index (χ1) is 14.4. The number of ether oxygens (including phenoxy) is 1. The number of benzene rings is 1. The van der Waals surface area contributed by atoms with Crippen molar-refractivity contribution in [2.75, 3.05) is 13.1 Å². The molecule has 8 heteroatoms. The highest BCUT2D eigenvalue weighted by Gasteiger charge is 2.39. The van der Waals surface area contributed by atoms with Gasteiger partial charge in [0, 0.05) is 29.5 Å². The van der Waals surface area contributed by atoms with E-state index in [-0.39, 0.29) is 22.8 Å². The summed E-state index contributed by atoms with van der Waals surface area (Å²) in [4.78, 5) is 12.8. The summed E-state index contributed by atoms with van der Waals surface area (Å²) in [6, 6.07) is 6.68. The molecule has 3 unspecified atom stereocenters. The molecule has 3 rings (SSSR count). The Morgan fingerprint density at radius 1 is 1.23 bits per heavy atom. The first-order valence-electron chi connectivity index (χ1n) is 10.5. The van der Waals surface area contributed by atoms with Gasteiger partial charge >= 0.3 is 6.09 Å². The summed E-state index contributed by atoms with van der Waals surface area (Å²) in [7, 11) is -3.65. The SMILES string of the molecule is Cc1ccc(S(=O)(=O)N2CCC(NC(=O)OC(C)(C)C)C3C(=CC(Br)=CC3C)C2)cc1. The highest BCUT2D eigenvalue weighted by atomic mass is 79.9. The van der Waals surface area contributed by atoms with Crippen LogP contribution < -0.4 is 5.32 Å². The number of alkyl carbamates (subject to hydrolysis) is 1. The van der Waals surface area contributed by atoms with E-state index in [1.54, 1.807) is 12.1 Å². The number of hydrogen-bond donors (Lipinski definition) is 1. The number of allylic oxidation sites excluding steroid dienone is 3. The minimum absolute atomic E-state index is 0.00737. The fourth-order valence-corrected chi connectivity index (χ4v) is 6.37. The highest BCUT2D eigenvalue weighted by Crippen LogP contribution is 2.38. The minimum atomic E-state index is -3.65. The number of nitrogens with zero attached hydrogens (tertiary/aromatic N) is 1. The van der Waals surface area contributed by atoms with Crippen molar-refractivity contribution in [2.24, 2.45) is 11.8 Å². The third kappa shape index (κ3) is 5.79. The average Bonchev–Trinajstić information content (AvgIpc) is 2.80. The lowest BCUT2D eigenvalue weighted by molar-refractivity contribution is 0.0484. The summed E-state index contributed by atoms with van der Waals surface area (Å²) < 4.78 is 34.6. The van der Waals surface area contributed by atoms with Crippen LogP contribution in [0.5, 0.6) is 0 Å². The zero-order valence-electron chi connectivity index (χ0n) is 18.7. The largest absolute Gasteiger partial charge is 0.444 e. The Morgan fingerprint density at radius 2 is 1.87 bits per heavy atom. The van der Waals surface area contributed by atoms with Crippen LogP contribution in [0.3, 0.4) is 0 Å². The van der Waals surface area contributed by atoms with Gasteiger partial charge in [-0.05, 0) is 63.8 Å². The van der Waals surface area contributed by atoms with Gasteiger partial charge in [-0.15, -0.1) is 0 Å². The number of halogens is 1. The molecular weight excluding hydrogens is 480 g/mol. The number of fused-ring (bicyclic) bond motifs is 1. The molecule has 1 fully saturated rings. The summed E-state index contributed by atoms with van der Waals surface area (Å²) >= 11 is 3.55. The second kappa shape index (κ2) is 9.08. The first-order valence-corrected chi connectivity index (χ1v) is 12.7. The lowest BCUT2D eigenvalue weighted by atomic mass is 9.78. The van der Waals surface area contributed by atoms with E-state index in [0.29, 0.717) is 19.5 Å². The molecule has 0 bridgehead atoms. The maximum atomic E-state index is 13.4. The molecule has 2 aliphatic rings. The predicted molar refractivity (Wildman–Crippen MR) is 125 cm³/mol. The molecule has 1 N–H and O–H groups in total. The van der Waals surface area contributed by atoms with Gasteiger partial charge in [-0.3, -0.25) is 0 Å². The minimum Gasteiger partial charge on any atom is -0.444 e. The van der Waals surface area contributed by atoms with Crippen LogP contribution in [0.2, 0.25) is 0 Å². The van der Waals surface area contributed by atoms with Crippen molar-refractivity contribution >= 4 is 32.0 Å². The summed E-state index contributed by atoms with van der Waals surface area (Å²) in [5.41, 5.74) is 1.39. The highest BCUT2D eigenvalue weighted by molar-refractivity contribution is 9.11. The Balaban J connectivity index is 1.91. The molecule has 1 aliphatic carbocycles. The van der Waals surface area contributed by atoms with Crippen molar-refractivity contribution in [3.63, 3.8) is 0 Å². The monoisotopic (exact) mass is 510 g/mol. The van der Waals surface area contributed by atoms with Crippen molar-refractivity contribution < 1.29 is 17.9 Å². The van der Waals surface area contributed by atoms with Gasteiger partial charge in [0.15, 0.2) is 0 Å². The van der Waals surface area contributed by atoms with Gasteiger partial charge in [0.2, 0.25) is 10.0 Å². The molecule has 31 heavy (non-hydrogen) atoms. The van der Waals surface area contributed by atoms with Gasteiger partial charge in [-0.2, -0.15) is 4.31 Å². The van der Waals surface area contributed by atoms with Crippen LogP contribution in [0, 0.1) is 18.8 Å². The van der Waals surface area contributed by atoms with Gasteiger partial charge in [0.25, 0.3) is 0 Å². The first kappa shape index (κ1) is 24.0. The number of carbonyl (C=O) groups excluding carboxylic acids is 1. The van der Waals surface area contributed by atoms with Crippen LogP contribution in [-0.4, -0.2) is 43.5 Å². The van der Waals surface area contributed by atoms with Crippen LogP contribution in [0.1, 0.15) is 39.7 Å². The molecule has 170 valence electrons. The van der Waals surface area contributed by atoms with E-state index in [0.717, 1.165) is 15.6 Å². The maximum Gasteiger partial charge on any atom is 0.407 e. The van der Waals surface area contributed by atoms with Gasteiger partial charge in [-0.1, -0.05) is 46.6 Å². The van der Waals surface area contributed by atoms with Crippen LogP contribution in [0.4, 0.5) is 4.79 Å². The van der Waals surface area contributed by atoms with Gasteiger partial charge in [0.05, 0.1) is 4.90 Å². The van der Waals surface area contributed by atoms with Crippen LogP contribution in [0.15, 0.2) is 51.4 Å². The van der Waals surface area contributed by atoms with Gasteiger partial charge in [-0.25, -0.2) is 13.2 Å². The summed E-state index contributed by atoms with van der Waals surface area (Å²) in [6.45, 7) is 10.1. The molecule has 1 saturated heterocycles. The number of carbonyl (C=O) groups is 1. The van der Waals surface area contributed by atoms with Crippen molar-refractivity contribution in [3.8, 4) is 0 Å². The zero-order chi connectivity index (χ0) is 23.0. The van der Waals surface area contributed by atoms with E-state index in [2.05, 4.69) is 34.2 Å². The molecule has 0 saturated carbocycles. The number of sulfonamides is 1. The lowest BCUT2D eigenvalue weighted by Gasteiger charge is -2.34. The normalized spacial score (nSPS) is 25.0. The third-order valence-corrected chi connectivity index (χ3v) is 7.94. The number of rotatable bonds is 3. The quantitative estimate of drug-likeness (QED) is 0.636. The van der Waals surface area contributed by atoms with Crippen LogP contribution >= 0.6 is 15.9 Å². The lowest BCUT2D eigenvalue weighted by Crippen LogP contribution is -2.45. The summed E-state index contributed by atoms with van der Waals surface area (Å²) in [5.74, 6) is 0.128. The van der Waals surface area contributed by atoms with Crippen LogP contribution in [0.25, 0.3) is 0 Å². The maximum absolute atomic E-state index is 13.4. The predicted octanol–water partition coefficient (Wildman–Crippen LogP) is 4.75. The smallest absolute Gasteiger partial charge is 0.407 e. The molecule has 6 nitrogen and oxygen atoms in total. The molecule has 1 aromatic carbocycles. The Bertz CT molecular complexity index is 993. The van der Waals surface area contributed by atoms with Crippen molar-refractivity contribution in [3.05, 3.63) is 52.0 Å². The standard InChI is InChI=1S/C23H31BrN2O4S/c1-15-6-8-19(9-7-15)31(28,29)26-11-10-20(25-22(27)30-23(3,4)5)21-16(2)12-18(24)13-17(21)14-26/h6-9,12-13,16,20-21H,10-11,14H2,1-5H3,(H,25,27). The van der Waals surface area contributed by atoms with E-state index >= 15 is 0 Å². The van der Waals surface area contributed by atoms with E-state index in [9.17, 15) is 13.2 Å². The summed E-state index contributed by atoms with van der Waals surface area (Å²) in [5, 5.41) is 3.01. The molecule has 1 aromatic rings. The number of aryl methyl sites for hydroxylation is 1. The van der Waals surface area contributed by atoms with Gasteiger partial charge < -0.3 is 10.1 Å². The molecule has 1 aliphatic heterocycles. The second-order valence-electron chi connectivity index (χ2n) is 9.35. The average molecular weight is 511 g/mol. The fraction of sp³-hybridized carbons (Fsp3) is 0.522. The van der Waals surface area contributed by atoms with Gasteiger partial charge in [0.1, 0.15) is 5.60 Å². The topological polar surface area (TPSA) is 75.7 Å². The number of amides is 1. The number of hydrogen-bond acceptors (Lipinski definition) is 4. The van der Waals surface area contributed by atoms with E-state index in [1.807, 2.05) is 45.9 Å². The molecule has 1 amide bonds. The van der Waals surface area contributed by atoms with E-state index < -0.39 is 21.7 Å². The van der Waals surface area contributed by atoms with Crippen LogP contribution in [-0.2, 0) is 14.8 Å². The molecular formula is C23H31BrN2O4S. The molecule has 3 atom stereocenters. The Kier molecular flexibility index (Phi) is 7.03. The molecule has 1 heterocycles. The Hall–Kier alpha value is -1.64. The third-order valence-electron chi connectivity index (χ3n) is 5.58. The van der Waals surface area contributed by atoms with E-state index in [1.165, 1.54) is 4.31 Å². The molecule has 0 radical (unpaired) electrons. The summed E-state index contributed by atoms with van der Waals surface area (Å²) in [6.07, 6.45) is 4.11. The van der Waals surface area contributed by atoms with E-state index in [4.69, 9.17) is 4.74 Å². The van der Waals surface area contributed by atoms with Crippen molar-refractivity contribution in [1.82, 2.24) is 9.62 Å². The molecule has 0 aromatic heterocycles. The zero-order valence-corrected chi connectivity index (χ0v) is 21.1. The Labute approximate surface area is 193 Å². The fourth-order valence-electron chi connectivity index (χ4n) is 4.22. The second-order valence-corrected chi connectivity index (χ2v) is 12.2. The van der Waals surface area contributed by atoms with Crippen molar-refractivity contribution in [1.29, 1.82) is 0 Å². The van der Waals surface area contributed by atoms with Crippen molar-refractivity contribution in [2.45, 2.75) is 57.6 Å². The number of nitrogens with one attached hydrogen (secondary N) is 1.